The average molecular weight is 643 g/mol. The number of nitrogens with one attached hydrogen (secondary N) is 2. The molecule has 1 fully saturated rings. The van der Waals surface area contributed by atoms with Crippen molar-refractivity contribution in [3.63, 3.8) is 0 Å². The number of nitrogens with zero attached hydrogens (tertiary/aromatic N) is 2. The molecule has 3 aromatic rings. The second-order valence-corrected chi connectivity index (χ2v) is 14.3. The molecule has 43 heavy (non-hydrogen) atoms. The Labute approximate surface area is 261 Å². The van der Waals surface area contributed by atoms with Crippen LogP contribution in [-0.2, 0) is 30.8 Å². The van der Waals surface area contributed by atoms with Gasteiger partial charge in [0.1, 0.15) is 6.04 Å². The molecular weight excluding hydrogens is 608 g/mol. The van der Waals surface area contributed by atoms with Crippen molar-refractivity contribution in [2.75, 3.05) is 29.3 Å². The first-order valence-corrected chi connectivity index (χ1v) is 17.0. The van der Waals surface area contributed by atoms with Crippen LogP contribution in [0.5, 0.6) is 0 Å². The molecular formula is C31H35ClN4O5S2. The molecule has 9 nitrogen and oxygen atoms in total. The molecule has 0 spiro atoms. The van der Waals surface area contributed by atoms with Crippen molar-refractivity contribution < 1.29 is 22.8 Å². The molecule has 1 saturated heterocycles. The number of benzene rings is 2. The summed E-state index contributed by atoms with van der Waals surface area (Å²) in [6.07, 6.45) is 2.56. The molecule has 0 bridgehead atoms. The van der Waals surface area contributed by atoms with E-state index in [1.807, 2.05) is 22.4 Å². The van der Waals surface area contributed by atoms with Crippen LogP contribution in [0.25, 0.3) is 0 Å². The molecule has 5 rings (SSSR count). The Morgan fingerprint density at radius 2 is 1.77 bits per heavy atom. The van der Waals surface area contributed by atoms with E-state index in [1.165, 1.54) is 0 Å². The number of halogens is 1. The number of sulfonamides is 1. The fourth-order valence-electron chi connectivity index (χ4n) is 5.95. The molecule has 2 aliphatic rings. The van der Waals surface area contributed by atoms with E-state index in [1.54, 1.807) is 61.6 Å². The summed E-state index contributed by atoms with van der Waals surface area (Å²) in [5.74, 6) is -0.470. The Balaban J connectivity index is 1.22. The Bertz CT molecular complexity index is 1600. The highest BCUT2D eigenvalue weighted by Gasteiger charge is 2.43. The lowest BCUT2D eigenvalue weighted by Crippen LogP contribution is -2.53. The summed E-state index contributed by atoms with van der Waals surface area (Å²) in [4.78, 5) is 42.0. The molecule has 3 heterocycles. The molecule has 12 heteroatoms. The number of rotatable bonds is 9. The van der Waals surface area contributed by atoms with Gasteiger partial charge in [-0.05, 0) is 85.9 Å². The summed E-state index contributed by atoms with van der Waals surface area (Å²) < 4.78 is 29.4. The van der Waals surface area contributed by atoms with Crippen LogP contribution in [0.2, 0.25) is 5.02 Å². The predicted octanol–water partition coefficient (Wildman–Crippen LogP) is 4.91. The minimum atomic E-state index is -4.25. The zero-order valence-corrected chi connectivity index (χ0v) is 26.5. The molecule has 2 N–H and O–H groups in total. The quantitative estimate of drug-likeness (QED) is 0.344. The SMILES string of the molecule is Cc1cc(Cl)cc(C)c1S(=O)(=O)N1c2ccccc2NC(=O)C1CC(=O)NCCC1CCN(C(=O)Cc2cccs2)CC1. The lowest BCUT2D eigenvalue weighted by atomic mass is 9.93. The van der Waals surface area contributed by atoms with Gasteiger partial charge in [0.2, 0.25) is 17.7 Å². The van der Waals surface area contributed by atoms with Crippen LogP contribution in [0.15, 0.2) is 58.8 Å². The molecule has 0 radical (unpaired) electrons. The van der Waals surface area contributed by atoms with Crippen molar-refractivity contribution in [2.45, 2.75) is 56.9 Å². The van der Waals surface area contributed by atoms with Crippen LogP contribution < -0.4 is 14.9 Å². The number of carbonyl (C=O) groups excluding carboxylic acids is 3. The Morgan fingerprint density at radius 1 is 1.07 bits per heavy atom. The number of aryl methyl sites for hydroxylation is 2. The van der Waals surface area contributed by atoms with Crippen molar-refractivity contribution in [3.8, 4) is 0 Å². The average Bonchev–Trinajstić information content (AvgIpc) is 3.46. The number of fused-ring (bicyclic) bond motifs is 1. The van der Waals surface area contributed by atoms with Crippen LogP contribution in [-0.4, -0.2) is 56.7 Å². The zero-order valence-electron chi connectivity index (χ0n) is 24.1. The first kappa shape index (κ1) is 31.0. The van der Waals surface area contributed by atoms with E-state index in [4.69, 9.17) is 11.6 Å². The number of amides is 3. The van der Waals surface area contributed by atoms with Gasteiger partial charge in [-0.25, -0.2) is 8.42 Å². The predicted molar refractivity (Wildman–Crippen MR) is 169 cm³/mol. The molecule has 3 amide bonds. The molecule has 228 valence electrons. The first-order valence-electron chi connectivity index (χ1n) is 14.3. The fraction of sp³-hybridized carbons (Fsp3) is 0.387. The fourth-order valence-corrected chi connectivity index (χ4v) is 9.02. The summed E-state index contributed by atoms with van der Waals surface area (Å²) in [6, 6.07) is 12.5. The van der Waals surface area contributed by atoms with E-state index >= 15 is 0 Å². The minimum Gasteiger partial charge on any atom is -0.356 e. The van der Waals surface area contributed by atoms with Gasteiger partial charge in [0, 0.05) is 29.5 Å². The smallest absolute Gasteiger partial charge is 0.265 e. The first-order chi connectivity index (χ1) is 20.5. The van der Waals surface area contributed by atoms with Gasteiger partial charge in [0.05, 0.1) is 29.1 Å². The topological polar surface area (TPSA) is 116 Å². The van der Waals surface area contributed by atoms with E-state index < -0.39 is 27.9 Å². The van der Waals surface area contributed by atoms with Gasteiger partial charge in [-0.1, -0.05) is 29.8 Å². The lowest BCUT2D eigenvalue weighted by molar-refractivity contribution is -0.131. The van der Waals surface area contributed by atoms with E-state index in [-0.39, 0.29) is 17.2 Å². The van der Waals surface area contributed by atoms with Gasteiger partial charge in [0.25, 0.3) is 10.0 Å². The van der Waals surface area contributed by atoms with Gasteiger partial charge >= 0.3 is 0 Å². The number of carbonyl (C=O) groups is 3. The summed E-state index contributed by atoms with van der Waals surface area (Å²) in [6.45, 7) is 5.11. The minimum absolute atomic E-state index is 0.0621. The van der Waals surface area contributed by atoms with Crippen molar-refractivity contribution in [1.29, 1.82) is 0 Å². The normalized spacial score (nSPS) is 17.4. The number of hydrogen-bond acceptors (Lipinski definition) is 6. The highest BCUT2D eigenvalue weighted by Crippen LogP contribution is 2.39. The van der Waals surface area contributed by atoms with Crippen LogP contribution in [0.1, 0.15) is 41.7 Å². The molecule has 1 atom stereocenters. The third-order valence-electron chi connectivity index (χ3n) is 8.05. The second kappa shape index (κ2) is 13.1. The van der Waals surface area contributed by atoms with Gasteiger partial charge < -0.3 is 15.5 Å². The van der Waals surface area contributed by atoms with E-state index in [9.17, 15) is 22.8 Å². The van der Waals surface area contributed by atoms with Crippen molar-refractivity contribution in [3.05, 3.63) is 74.9 Å². The van der Waals surface area contributed by atoms with Gasteiger partial charge in [-0.3, -0.25) is 18.7 Å². The zero-order chi connectivity index (χ0) is 30.7. The molecule has 2 aromatic carbocycles. The summed E-state index contributed by atoms with van der Waals surface area (Å²) in [7, 11) is -4.25. The number of piperidine rings is 1. The third-order valence-corrected chi connectivity index (χ3v) is 11.3. The largest absolute Gasteiger partial charge is 0.356 e. The maximum atomic E-state index is 14.2. The number of hydrogen-bond donors (Lipinski definition) is 2. The van der Waals surface area contributed by atoms with Crippen molar-refractivity contribution in [1.82, 2.24) is 10.2 Å². The van der Waals surface area contributed by atoms with Gasteiger partial charge in [0.15, 0.2) is 0 Å². The summed E-state index contributed by atoms with van der Waals surface area (Å²) >= 11 is 7.76. The number of para-hydroxylation sites is 2. The molecule has 1 aromatic heterocycles. The summed E-state index contributed by atoms with van der Waals surface area (Å²) in [5, 5.41) is 8.04. The highest BCUT2D eigenvalue weighted by molar-refractivity contribution is 7.93. The molecule has 2 aliphatic heterocycles. The highest BCUT2D eigenvalue weighted by atomic mass is 35.5. The number of likely N-dealkylation sites (tertiary alicyclic amines) is 1. The van der Waals surface area contributed by atoms with Crippen LogP contribution in [0.3, 0.4) is 0 Å². The van der Waals surface area contributed by atoms with E-state index in [2.05, 4.69) is 10.6 Å². The lowest BCUT2D eigenvalue weighted by Gasteiger charge is -2.37. The van der Waals surface area contributed by atoms with E-state index in [0.29, 0.717) is 59.5 Å². The van der Waals surface area contributed by atoms with Crippen molar-refractivity contribution >= 4 is 62.1 Å². The Morgan fingerprint density at radius 3 is 2.44 bits per heavy atom. The van der Waals surface area contributed by atoms with E-state index in [0.717, 1.165) is 28.4 Å². The van der Waals surface area contributed by atoms with Gasteiger partial charge in [-0.15, -0.1) is 11.3 Å². The van der Waals surface area contributed by atoms with Crippen molar-refractivity contribution in [2.24, 2.45) is 5.92 Å². The van der Waals surface area contributed by atoms with Gasteiger partial charge in [-0.2, -0.15) is 0 Å². The maximum Gasteiger partial charge on any atom is 0.265 e. The monoisotopic (exact) mass is 642 g/mol. The second-order valence-electron chi connectivity index (χ2n) is 11.1. The summed E-state index contributed by atoms with van der Waals surface area (Å²) in [5.41, 5.74) is 1.57. The van der Waals surface area contributed by atoms with Crippen LogP contribution >= 0.6 is 22.9 Å². The Hall–Kier alpha value is -3.41. The number of anilines is 2. The molecule has 0 aliphatic carbocycles. The third kappa shape index (κ3) is 6.89. The number of thiophene rings is 1. The Kier molecular flexibility index (Phi) is 9.43. The molecule has 1 unspecified atom stereocenters. The molecule has 0 saturated carbocycles. The van der Waals surface area contributed by atoms with Crippen LogP contribution in [0.4, 0.5) is 11.4 Å². The maximum absolute atomic E-state index is 14.2. The standard InChI is InChI=1S/C31H35ClN4O5S2/c1-20-16-23(32)17-21(2)30(20)43(40,41)36-26-8-4-3-7-25(26)34-31(39)27(36)19-28(37)33-12-9-22-10-13-35(14-11-22)29(38)18-24-6-5-15-42-24/h3-8,15-17,22,27H,9-14,18-19H2,1-2H3,(H,33,37)(H,34,39). The van der Waals surface area contributed by atoms with Crippen LogP contribution in [0, 0.1) is 19.8 Å².